The van der Waals surface area contributed by atoms with E-state index in [1.165, 1.54) is 26.4 Å². The van der Waals surface area contributed by atoms with Gasteiger partial charge < -0.3 is 4.57 Å². The van der Waals surface area contributed by atoms with E-state index in [-0.39, 0.29) is 17.2 Å². The molecule has 7 heteroatoms. The average Bonchev–Trinajstić information content (AvgIpc) is 2.49. The summed E-state index contributed by atoms with van der Waals surface area (Å²) in [6.07, 6.45) is 1.20. The maximum absolute atomic E-state index is 12.4. The lowest BCUT2D eigenvalue weighted by atomic mass is 10.1. The molecule has 1 aromatic heterocycles. The van der Waals surface area contributed by atoms with Crippen LogP contribution in [0.2, 0.25) is 0 Å². The van der Waals surface area contributed by atoms with Crippen LogP contribution in [0.15, 0.2) is 52.3 Å². The molecule has 0 spiro atoms. The van der Waals surface area contributed by atoms with Crippen LogP contribution < -0.4 is 5.56 Å². The normalized spacial score (nSPS) is 11.7. The molecule has 2 rings (SSSR count). The molecule has 0 amide bonds. The van der Waals surface area contributed by atoms with Crippen molar-refractivity contribution in [2.24, 2.45) is 0 Å². The Kier molecular flexibility index (Phi) is 4.82. The molecule has 0 radical (unpaired) electrons. The molecule has 0 saturated heterocycles. The Balaban J connectivity index is 2.40. The van der Waals surface area contributed by atoms with Crippen molar-refractivity contribution in [3.63, 3.8) is 0 Å². The van der Waals surface area contributed by atoms with Crippen molar-refractivity contribution in [3.05, 3.63) is 64.1 Å². The predicted octanol–water partition coefficient (Wildman–Crippen LogP) is 1.29. The molecule has 0 atom stereocenters. The van der Waals surface area contributed by atoms with Crippen LogP contribution in [0, 0.1) is 6.92 Å². The number of hydrogen-bond donors (Lipinski definition) is 0. The minimum atomic E-state index is -3.66. The maximum atomic E-state index is 12.4. The molecule has 6 nitrogen and oxygen atoms in total. The van der Waals surface area contributed by atoms with Crippen LogP contribution in [0.1, 0.15) is 15.9 Å². The zero-order chi connectivity index (χ0) is 17.2. The SMILES string of the molecule is Cc1ccccc1C(=O)Cn1cc(S(=O)(=O)N(C)C)ccc1=O. The smallest absolute Gasteiger partial charge is 0.251 e. The molecule has 0 N–H and O–H groups in total. The van der Waals surface area contributed by atoms with Gasteiger partial charge in [0.25, 0.3) is 5.56 Å². The third-order valence-electron chi connectivity index (χ3n) is 3.49. The Morgan fingerprint density at radius 1 is 1.13 bits per heavy atom. The molecule has 1 aromatic carbocycles. The summed E-state index contributed by atoms with van der Waals surface area (Å²) in [5.74, 6) is -0.246. The van der Waals surface area contributed by atoms with E-state index in [0.717, 1.165) is 20.5 Å². The maximum Gasteiger partial charge on any atom is 0.251 e. The van der Waals surface area contributed by atoms with Gasteiger partial charge in [0.1, 0.15) is 0 Å². The highest BCUT2D eigenvalue weighted by Crippen LogP contribution is 2.12. The molecular formula is C16H18N2O4S. The quantitative estimate of drug-likeness (QED) is 0.772. The van der Waals surface area contributed by atoms with E-state index in [1.54, 1.807) is 12.1 Å². The van der Waals surface area contributed by atoms with Crippen LogP contribution in [-0.4, -0.2) is 37.2 Å². The van der Waals surface area contributed by atoms with E-state index < -0.39 is 15.6 Å². The summed E-state index contributed by atoms with van der Waals surface area (Å²) in [5, 5.41) is 0. The average molecular weight is 334 g/mol. The van der Waals surface area contributed by atoms with Crippen LogP contribution in [0.5, 0.6) is 0 Å². The van der Waals surface area contributed by atoms with Gasteiger partial charge in [-0.3, -0.25) is 9.59 Å². The topological polar surface area (TPSA) is 76.5 Å². The summed E-state index contributed by atoms with van der Waals surface area (Å²) in [6.45, 7) is 1.60. The van der Waals surface area contributed by atoms with Gasteiger partial charge in [0.2, 0.25) is 10.0 Å². The van der Waals surface area contributed by atoms with E-state index in [9.17, 15) is 18.0 Å². The van der Waals surface area contributed by atoms with Crippen LogP contribution in [0.4, 0.5) is 0 Å². The lowest BCUT2D eigenvalue weighted by Gasteiger charge is -2.13. The van der Waals surface area contributed by atoms with Crippen molar-refractivity contribution in [3.8, 4) is 0 Å². The van der Waals surface area contributed by atoms with E-state index >= 15 is 0 Å². The summed E-state index contributed by atoms with van der Waals surface area (Å²) >= 11 is 0. The lowest BCUT2D eigenvalue weighted by Crippen LogP contribution is -2.27. The number of benzene rings is 1. The number of aromatic nitrogens is 1. The minimum absolute atomic E-state index is 0.0281. The molecule has 1 heterocycles. The standard InChI is InChI=1S/C16H18N2O4S/c1-12-6-4-5-7-14(12)15(19)11-18-10-13(8-9-16(18)20)23(21,22)17(2)3/h4-10H,11H2,1-3H3. The second-order valence-corrected chi connectivity index (χ2v) is 7.51. The van der Waals surface area contributed by atoms with Crippen LogP contribution in [-0.2, 0) is 16.6 Å². The first-order valence-corrected chi connectivity index (χ1v) is 8.39. The van der Waals surface area contributed by atoms with Gasteiger partial charge in [-0.2, -0.15) is 0 Å². The number of Topliss-reactive ketones (excluding diaryl/α,β-unsaturated/α-hetero) is 1. The molecule has 0 saturated carbocycles. The van der Waals surface area contributed by atoms with E-state index in [0.29, 0.717) is 5.56 Å². The Morgan fingerprint density at radius 3 is 2.39 bits per heavy atom. The third kappa shape index (κ3) is 3.57. The van der Waals surface area contributed by atoms with Gasteiger partial charge in [0.15, 0.2) is 5.78 Å². The van der Waals surface area contributed by atoms with Crippen LogP contribution >= 0.6 is 0 Å². The van der Waals surface area contributed by atoms with Gasteiger partial charge in [-0.15, -0.1) is 0 Å². The molecule has 0 bridgehead atoms. The number of hydrogen-bond acceptors (Lipinski definition) is 4. The molecule has 0 aliphatic rings. The highest BCUT2D eigenvalue weighted by molar-refractivity contribution is 7.89. The number of rotatable bonds is 5. The monoisotopic (exact) mass is 334 g/mol. The number of ketones is 1. The first-order valence-electron chi connectivity index (χ1n) is 6.95. The first-order chi connectivity index (χ1) is 10.7. The second kappa shape index (κ2) is 6.47. The van der Waals surface area contributed by atoms with Gasteiger partial charge in [0.05, 0.1) is 11.4 Å². The fraction of sp³-hybridized carbons (Fsp3) is 0.250. The molecule has 122 valence electrons. The number of carbonyl (C=O) groups is 1. The molecule has 0 aliphatic carbocycles. The van der Waals surface area contributed by atoms with Crippen LogP contribution in [0.3, 0.4) is 0 Å². The van der Waals surface area contributed by atoms with Crippen LogP contribution in [0.25, 0.3) is 0 Å². The second-order valence-electron chi connectivity index (χ2n) is 5.36. The van der Waals surface area contributed by atoms with Crippen molar-refractivity contribution in [2.75, 3.05) is 14.1 Å². The van der Waals surface area contributed by atoms with Gasteiger partial charge in [0, 0.05) is 31.9 Å². The zero-order valence-electron chi connectivity index (χ0n) is 13.2. The predicted molar refractivity (Wildman–Crippen MR) is 87.1 cm³/mol. The van der Waals surface area contributed by atoms with Crippen molar-refractivity contribution >= 4 is 15.8 Å². The van der Waals surface area contributed by atoms with Crippen molar-refractivity contribution in [2.45, 2.75) is 18.4 Å². The van der Waals surface area contributed by atoms with Gasteiger partial charge in [-0.1, -0.05) is 24.3 Å². The number of carbonyl (C=O) groups excluding carboxylic acids is 1. The summed E-state index contributed by atoms with van der Waals surface area (Å²) in [5.41, 5.74) is 0.896. The van der Waals surface area contributed by atoms with Gasteiger partial charge >= 0.3 is 0 Å². The van der Waals surface area contributed by atoms with Gasteiger partial charge in [-0.25, -0.2) is 12.7 Å². The van der Waals surface area contributed by atoms with E-state index in [2.05, 4.69) is 0 Å². The molecule has 2 aromatic rings. The fourth-order valence-corrected chi connectivity index (χ4v) is 3.04. The number of sulfonamides is 1. The summed E-state index contributed by atoms with van der Waals surface area (Å²) in [4.78, 5) is 24.3. The summed E-state index contributed by atoms with van der Waals surface area (Å²) < 4.78 is 26.4. The Morgan fingerprint density at radius 2 is 1.78 bits per heavy atom. The third-order valence-corrected chi connectivity index (χ3v) is 5.29. The molecular weight excluding hydrogens is 316 g/mol. The number of pyridine rings is 1. The van der Waals surface area contributed by atoms with Crippen molar-refractivity contribution < 1.29 is 13.2 Å². The minimum Gasteiger partial charge on any atom is -0.306 e. The first kappa shape index (κ1) is 17.1. The number of nitrogens with zero attached hydrogens (tertiary/aromatic N) is 2. The number of aryl methyl sites for hydroxylation is 1. The molecule has 23 heavy (non-hydrogen) atoms. The molecule has 0 aliphatic heterocycles. The van der Waals surface area contributed by atoms with Crippen molar-refractivity contribution in [1.82, 2.24) is 8.87 Å². The van der Waals surface area contributed by atoms with Crippen molar-refractivity contribution in [1.29, 1.82) is 0 Å². The van der Waals surface area contributed by atoms with E-state index in [1.807, 2.05) is 19.1 Å². The zero-order valence-corrected chi connectivity index (χ0v) is 14.0. The molecule has 0 unspecified atom stereocenters. The van der Waals surface area contributed by atoms with E-state index in [4.69, 9.17) is 0 Å². The fourth-order valence-electron chi connectivity index (χ4n) is 2.12. The van der Waals surface area contributed by atoms with Gasteiger partial charge in [-0.05, 0) is 18.6 Å². The summed E-state index contributed by atoms with van der Waals surface area (Å²) in [7, 11) is -0.850. The largest absolute Gasteiger partial charge is 0.306 e. The lowest BCUT2D eigenvalue weighted by molar-refractivity contribution is 0.0970. The summed E-state index contributed by atoms with van der Waals surface area (Å²) in [6, 6.07) is 9.46. The Labute approximate surface area is 135 Å². The Bertz CT molecular complexity index is 898. The highest BCUT2D eigenvalue weighted by atomic mass is 32.2. The Hall–Kier alpha value is -2.25. The highest BCUT2D eigenvalue weighted by Gasteiger charge is 2.19. The molecule has 0 fully saturated rings.